The Morgan fingerprint density at radius 3 is 2.24 bits per heavy atom. The molecule has 4 fully saturated rings. The zero-order valence-electron chi connectivity index (χ0n) is 23.5. The highest BCUT2D eigenvalue weighted by molar-refractivity contribution is 5.66. The average molecular weight is 469 g/mol. The molecule has 5 aliphatic carbocycles. The molecule has 192 valence electrons. The highest BCUT2D eigenvalue weighted by Gasteiger charge is 2.81. The van der Waals surface area contributed by atoms with Gasteiger partial charge in [-0.25, -0.2) is 0 Å². The maximum Gasteiger partial charge on any atom is 0.302 e. The lowest BCUT2D eigenvalue weighted by Crippen LogP contribution is -2.56. The van der Waals surface area contributed by atoms with Gasteiger partial charge in [-0.2, -0.15) is 0 Å². The van der Waals surface area contributed by atoms with Crippen molar-refractivity contribution in [1.82, 2.24) is 0 Å². The summed E-state index contributed by atoms with van der Waals surface area (Å²) in [5.74, 6) is 3.75. The number of carbonyl (C=O) groups excluding carboxylic acids is 1. The third-order valence-corrected chi connectivity index (χ3v) is 13.0. The second kappa shape index (κ2) is 7.85. The Hall–Kier alpha value is -0.790. The van der Waals surface area contributed by atoms with Gasteiger partial charge >= 0.3 is 5.97 Å². The summed E-state index contributed by atoms with van der Waals surface area (Å²) in [6.45, 7) is 19.1. The highest BCUT2D eigenvalue weighted by Crippen LogP contribution is 2.87. The Bertz CT molecular complexity index is 855. The lowest BCUT2D eigenvalue weighted by atomic mass is 9.43. The number of rotatable bonds is 6. The molecule has 0 heterocycles. The van der Waals surface area contributed by atoms with Crippen molar-refractivity contribution in [2.75, 3.05) is 0 Å². The van der Waals surface area contributed by atoms with E-state index in [-0.39, 0.29) is 17.5 Å². The summed E-state index contributed by atoms with van der Waals surface area (Å²) in [5.41, 5.74) is 1.90. The molecule has 0 aromatic rings. The molecule has 0 saturated heterocycles. The number of allylic oxidation sites excluding steroid dienone is 2. The van der Waals surface area contributed by atoms with Crippen LogP contribution in [0.25, 0.3) is 0 Å². The van der Waals surface area contributed by atoms with Crippen LogP contribution in [0.2, 0.25) is 0 Å². The predicted octanol–water partition coefficient (Wildman–Crippen LogP) is 8.60. The van der Waals surface area contributed by atoms with E-state index in [1.54, 1.807) is 6.92 Å². The number of carbonyl (C=O) groups is 1. The van der Waals surface area contributed by atoms with Crippen LogP contribution in [0.1, 0.15) is 120 Å². The van der Waals surface area contributed by atoms with Crippen molar-refractivity contribution in [2.45, 2.75) is 126 Å². The zero-order chi connectivity index (χ0) is 24.7. The molecule has 0 N–H and O–H groups in total. The van der Waals surface area contributed by atoms with Crippen LogP contribution in [0.15, 0.2) is 12.2 Å². The fraction of sp³-hybridized carbons (Fsp3) is 0.906. The summed E-state index contributed by atoms with van der Waals surface area (Å²) in [7, 11) is 0. The summed E-state index contributed by atoms with van der Waals surface area (Å²) >= 11 is 0. The van der Waals surface area contributed by atoms with Crippen molar-refractivity contribution >= 4 is 5.97 Å². The molecular weight excluding hydrogens is 416 g/mol. The number of ether oxygens (including phenoxy) is 1. The van der Waals surface area contributed by atoms with E-state index in [0.29, 0.717) is 27.6 Å². The first-order valence-corrected chi connectivity index (χ1v) is 14.7. The van der Waals surface area contributed by atoms with Crippen molar-refractivity contribution in [3.05, 3.63) is 12.2 Å². The van der Waals surface area contributed by atoms with Gasteiger partial charge in [0.05, 0.1) is 0 Å². The molecule has 0 amide bonds. The second-order valence-electron chi connectivity index (χ2n) is 15.1. The Kier molecular flexibility index (Phi) is 5.75. The van der Waals surface area contributed by atoms with Crippen LogP contribution in [0.5, 0.6) is 0 Å². The summed E-state index contributed by atoms with van der Waals surface area (Å²) < 4.78 is 5.87. The Balaban J connectivity index is 1.41. The topological polar surface area (TPSA) is 26.3 Å². The first kappa shape index (κ1) is 24.9. The summed E-state index contributed by atoms with van der Waals surface area (Å²) in [4.78, 5) is 11.8. The lowest BCUT2D eigenvalue weighted by molar-refractivity contribution is -0.165. The van der Waals surface area contributed by atoms with Crippen molar-refractivity contribution < 1.29 is 9.53 Å². The third-order valence-electron chi connectivity index (χ3n) is 13.0. The number of hydrogen-bond acceptors (Lipinski definition) is 2. The predicted molar refractivity (Wildman–Crippen MR) is 140 cm³/mol. The summed E-state index contributed by atoms with van der Waals surface area (Å²) in [5, 5.41) is 0. The molecule has 0 aliphatic heterocycles. The minimum atomic E-state index is -0.113. The Morgan fingerprint density at radius 2 is 1.56 bits per heavy atom. The first-order valence-electron chi connectivity index (χ1n) is 14.7. The van der Waals surface area contributed by atoms with Gasteiger partial charge in [0.15, 0.2) is 0 Å². The van der Waals surface area contributed by atoms with Crippen LogP contribution in [0.4, 0.5) is 0 Å². The van der Waals surface area contributed by atoms with Crippen molar-refractivity contribution in [3.63, 3.8) is 0 Å². The molecule has 9 atom stereocenters. The molecular formula is C32H52O2. The Morgan fingerprint density at radius 1 is 0.882 bits per heavy atom. The van der Waals surface area contributed by atoms with Gasteiger partial charge in [0.25, 0.3) is 0 Å². The molecule has 0 bridgehead atoms. The summed E-state index contributed by atoms with van der Waals surface area (Å²) in [6, 6.07) is 0. The van der Waals surface area contributed by atoms with Gasteiger partial charge in [-0.1, -0.05) is 79.9 Å². The van der Waals surface area contributed by atoms with Gasteiger partial charge in [-0.15, -0.1) is 0 Å². The second-order valence-corrected chi connectivity index (χ2v) is 15.1. The molecule has 34 heavy (non-hydrogen) atoms. The van der Waals surface area contributed by atoms with E-state index in [0.717, 1.165) is 30.1 Å². The van der Waals surface area contributed by atoms with E-state index >= 15 is 0 Å². The lowest BCUT2D eigenvalue weighted by Gasteiger charge is -2.61. The van der Waals surface area contributed by atoms with Crippen LogP contribution in [0.3, 0.4) is 0 Å². The molecule has 4 saturated carbocycles. The number of esters is 1. The molecule has 5 rings (SSSR count). The number of fused-ring (bicyclic) bond motifs is 2. The van der Waals surface area contributed by atoms with Crippen molar-refractivity contribution in [3.8, 4) is 0 Å². The van der Waals surface area contributed by atoms with Crippen LogP contribution in [-0.2, 0) is 9.53 Å². The van der Waals surface area contributed by atoms with Crippen molar-refractivity contribution in [1.29, 1.82) is 0 Å². The van der Waals surface area contributed by atoms with Crippen LogP contribution < -0.4 is 0 Å². The minimum absolute atomic E-state index is 0.0275. The van der Waals surface area contributed by atoms with E-state index in [1.807, 2.05) is 0 Å². The standard InChI is InChI=1S/C32H52O2/c1-21(2)10-9-11-22(3)24-14-16-30(8)26-13-12-25-28(5,6)27(34-23(4)33)15-17-31(25)20-32(26,31)19-18-29(24,30)7/h12-13,21-22,24-27H,9-11,14-20H2,1-8H3/t22-,24-,25+,26+,27?,29-,30+,31-,32-/m1/s1. The largest absolute Gasteiger partial charge is 0.462 e. The van der Waals surface area contributed by atoms with E-state index in [4.69, 9.17) is 4.74 Å². The van der Waals surface area contributed by atoms with E-state index in [9.17, 15) is 4.79 Å². The van der Waals surface area contributed by atoms with Gasteiger partial charge in [-0.05, 0) is 96.2 Å². The number of hydrogen-bond donors (Lipinski definition) is 0. The molecule has 2 nitrogen and oxygen atoms in total. The van der Waals surface area contributed by atoms with Gasteiger partial charge in [0.1, 0.15) is 6.10 Å². The maximum absolute atomic E-state index is 11.8. The van der Waals surface area contributed by atoms with Crippen molar-refractivity contribution in [2.24, 2.45) is 56.7 Å². The SMILES string of the molecule is CC(=O)OC1CC[C@]23C[C@@]24CC[C@]2(C)[C@@H]([C@H](C)CCCC(C)C)CC[C@@]2(C)[C@@H]4C=C[C@H]3C1(C)C. The molecule has 0 aromatic carbocycles. The highest BCUT2D eigenvalue weighted by atomic mass is 16.5. The van der Waals surface area contributed by atoms with E-state index < -0.39 is 0 Å². The van der Waals surface area contributed by atoms with Crippen LogP contribution >= 0.6 is 0 Å². The molecule has 0 aromatic heterocycles. The molecule has 2 spiro atoms. The van der Waals surface area contributed by atoms with Gasteiger partial charge in [-0.3, -0.25) is 4.79 Å². The molecule has 2 heteroatoms. The fourth-order valence-electron chi connectivity index (χ4n) is 11.0. The Labute approximate surface area is 210 Å². The quantitative estimate of drug-likeness (QED) is 0.288. The zero-order valence-corrected chi connectivity index (χ0v) is 23.5. The van der Waals surface area contributed by atoms with E-state index in [1.165, 1.54) is 57.8 Å². The van der Waals surface area contributed by atoms with Crippen LogP contribution in [0, 0.1) is 56.7 Å². The average Bonchev–Trinajstić information content (AvgIpc) is 3.32. The fourth-order valence-corrected chi connectivity index (χ4v) is 11.0. The molecule has 0 radical (unpaired) electrons. The molecule has 1 unspecified atom stereocenters. The minimum Gasteiger partial charge on any atom is -0.462 e. The van der Waals surface area contributed by atoms with Crippen LogP contribution in [-0.4, -0.2) is 12.1 Å². The normalized spacial score (nSPS) is 49.0. The monoisotopic (exact) mass is 468 g/mol. The smallest absolute Gasteiger partial charge is 0.302 e. The van der Waals surface area contributed by atoms with Gasteiger partial charge < -0.3 is 4.74 Å². The van der Waals surface area contributed by atoms with E-state index in [2.05, 4.69) is 60.6 Å². The van der Waals surface area contributed by atoms with Gasteiger partial charge in [0, 0.05) is 12.3 Å². The third kappa shape index (κ3) is 3.14. The maximum atomic E-state index is 11.8. The molecule has 5 aliphatic rings. The van der Waals surface area contributed by atoms with Gasteiger partial charge in [0.2, 0.25) is 0 Å². The summed E-state index contributed by atoms with van der Waals surface area (Å²) in [6.07, 6.45) is 19.0. The first-order chi connectivity index (χ1) is 15.8.